The van der Waals surface area contributed by atoms with Gasteiger partial charge in [0.25, 0.3) is 0 Å². The Hall–Kier alpha value is -2.62. The number of benzene rings is 2. The molecule has 3 rings (SSSR count). The summed E-state index contributed by atoms with van der Waals surface area (Å²) in [4.78, 5) is 24.6. The quantitative estimate of drug-likeness (QED) is 0.643. The highest BCUT2D eigenvalue weighted by atomic mass is 16.5. The van der Waals surface area contributed by atoms with E-state index in [4.69, 9.17) is 9.47 Å². The van der Waals surface area contributed by atoms with Crippen molar-refractivity contribution in [3.8, 4) is 5.75 Å². The van der Waals surface area contributed by atoms with Gasteiger partial charge in [0.05, 0.1) is 7.11 Å². The van der Waals surface area contributed by atoms with E-state index < -0.39 is 11.9 Å². The highest BCUT2D eigenvalue weighted by molar-refractivity contribution is 6.12. The lowest BCUT2D eigenvalue weighted by Gasteiger charge is -2.09. The van der Waals surface area contributed by atoms with Crippen molar-refractivity contribution in [2.45, 2.75) is 13.0 Å². The first-order valence-corrected chi connectivity index (χ1v) is 7.11. The van der Waals surface area contributed by atoms with Gasteiger partial charge in [0.15, 0.2) is 5.78 Å². The highest BCUT2D eigenvalue weighted by Crippen LogP contribution is 2.34. The molecule has 4 nitrogen and oxygen atoms in total. The summed E-state index contributed by atoms with van der Waals surface area (Å²) < 4.78 is 10.5. The molecule has 0 radical (unpaired) electrons. The molecule has 0 aliphatic heterocycles. The molecular weight excluding hydrogens is 280 g/mol. The number of carbonyl (C=O) groups is 2. The monoisotopic (exact) mass is 296 g/mol. The van der Waals surface area contributed by atoms with Crippen LogP contribution in [0.3, 0.4) is 0 Å². The van der Waals surface area contributed by atoms with E-state index in [0.29, 0.717) is 17.7 Å². The van der Waals surface area contributed by atoms with Gasteiger partial charge in [0.2, 0.25) is 0 Å². The molecule has 2 aromatic carbocycles. The van der Waals surface area contributed by atoms with Gasteiger partial charge < -0.3 is 9.47 Å². The zero-order valence-corrected chi connectivity index (χ0v) is 12.2. The fourth-order valence-corrected chi connectivity index (χ4v) is 2.70. The molecule has 0 heterocycles. The van der Waals surface area contributed by atoms with Crippen LogP contribution >= 0.6 is 0 Å². The minimum atomic E-state index is -0.769. The third kappa shape index (κ3) is 2.60. The molecule has 1 aliphatic carbocycles. The molecule has 2 aromatic rings. The van der Waals surface area contributed by atoms with Crippen LogP contribution in [0.15, 0.2) is 48.5 Å². The van der Waals surface area contributed by atoms with Crippen molar-refractivity contribution < 1.29 is 19.1 Å². The predicted molar refractivity (Wildman–Crippen MR) is 80.8 cm³/mol. The third-order valence-corrected chi connectivity index (χ3v) is 3.85. The fourth-order valence-electron chi connectivity index (χ4n) is 2.70. The number of hydrogen-bond donors (Lipinski definition) is 0. The van der Waals surface area contributed by atoms with Crippen molar-refractivity contribution in [2.24, 2.45) is 5.92 Å². The van der Waals surface area contributed by atoms with Crippen LogP contribution in [0.1, 0.15) is 21.5 Å². The number of methoxy groups -OCH3 is 1. The van der Waals surface area contributed by atoms with E-state index in [-0.39, 0.29) is 12.4 Å². The molecule has 4 heteroatoms. The molecule has 1 unspecified atom stereocenters. The van der Waals surface area contributed by atoms with Crippen molar-refractivity contribution in [1.82, 2.24) is 0 Å². The van der Waals surface area contributed by atoms with E-state index in [9.17, 15) is 9.59 Å². The molecule has 0 N–H and O–H groups in total. The van der Waals surface area contributed by atoms with Crippen LogP contribution in [0, 0.1) is 5.92 Å². The Labute approximate surface area is 128 Å². The standard InChI is InChI=1S/C18H16O4/c1-21-16-9-5-8-13-14(16)10-15(17(13)19)18(20)22-11-12-6-3-2-4-7-12/h2-9,15H,10-11H2,1H3. The zero-order valence-electron chi connectivity index (χ0n) is 12.2. The zero-order chi connectivity index (χ0) is 15.5. The second-order valence-corrected chi connectivity index (χ2v) is 5.20. The average Bonchev–Trinajstić information content (AvgIpc) is 2.91. The van der Waals surface area contributed by atoms with Crippen LogP contribution in [-0.2, 0) is 22.6 Å². The van der Waals surface area contributed by atoms with Crippen molar-refractivity contribution in [3.05, 3.63) is 65.2 Å². The molecule has 0 fully saturated rings. The summed E-state index contributed by atoms with van der Waals surface area (Å²) in [6, 6.07) is 14.7. The number of ether oxygens (including phenoxy) is 2. The van der Waals surface area contributed by atoms with Crippen LogP contribution < -0.4 is 4.74 Å². The molecular formula is C18H16O4. The Morgan fingerprint density at radius 3 is 2.64 bits per heavy atom. The van der Waals surface area contributed by atoms with Crippen LogP contribution in [0.5, 0.6) is 5.75 Å². The SMILES string of the molecule is COc1cccc2c1CC(C(=O)OCc1ccccc1)C2=O. The van der Waals surface area contributed by atoms with Crippen LogP contribution in [0.4, 0.5) is 0 Å². The summed E-state index contributed by atoms with van der Waals surface area (Å²) in [6.07, 6.45) is 0.339. The van der Waals surface area contributed by atoms with Gasteiger partial charge in [-0.1, -0.05) is 42.5 Å². The minimum absolute atomic E-state index is 0.178. The molecule has 0 saturated heterocycles. The molecule has 0 saturated carbocycles. The van der Waals surface area contributed by atoms with Gasteiger partial charge in [0.1, 0.15) is 18.3 Å². The van der Waals surface area contributed by atoms with Gasteiger partial charge in [-0.15, -0.1) is 0 Å². The number of carbonyl (C=O) groups excluding carboxylic acids is 2. The summed E-state index contributed by atoms with van der Waals surface area (Å²) in [5.41, 5.74) is 2.24. The summed E-state index contributed by atoms with van der Waals surface area (Å²) in [7, 11) is 1.56. The molecule has 0 aromatic heterocycles. The molecule has 112 valence electrons. The predicted octanol–water partition coefficient (Wildman–Crippen LogP) is 2.79. The number of ketones is 1. The van der Waals surface area contributed by atoms with E-state index in [1.165, 1.54) is 0 Å². The topological polar surface area (TPSA) is 52.6 Å². The van der Waals surface area contributed by atoms with Crippen molar-refractivity contribution in [3.63, 3.8) is 0 Å². The summed E-state index contributed by atoms with van der Waals surface area (Å²) in [5, 5.41) is 0. The van der Waals surface area contributed by atoms with Gasteiger partial charge in [-0.2, -0.15) is 0 Å². The maximum absolute atomic E-state index is 12.4. The Bertz CT molecular complexity index is 706. The fraction of sp³-hybridized carbons (Fsp3) is 0.222. The molecule has 0 bridgehead atoms. The third-order valence-electron chi connectivity index (χ3n) is 3.85. The Kier molecular flexibility index (Phi) is 3.92. The van der Waals surface area contributed by atoms with Crippen LogP contribution in [-0.4, -0.2) is 18.9 Å². The summed E-state index contributed by atoms with van der Waals surface area (Å²) in [6.45, 7) is 0.178. The molecule has 0 spiro atoms. The maximum Gasteiger partial charge on any atom is 0.317 e. The normalized spacial score (nSPS) is 16.2. The lowest BCUT2D eigenvalue weighted by Crippen LogP contribution is -2.23. The van der Waals surface area contributed by atoms with Crippen LogP contribution in [0.25, 0.3) is 0 Å². The van der Waals surface area contributed by atoms with E-state index in [1.807, 2.05) is 30.3 Å². The number of Topliss-reactive ketones (excluding diaryl/α,β-unsaturated/α-hetero) is 1. The van der Waals surface area contributed by atoms with Gasteiger partial charge in [-0.05, 0) is 18.1 Å². The second-order valence-electron chi connectivity index (χ2n) is 5.20. The molecule has 22 heavy (non-hydrogen) atoms. The van der Waals surface area contributed by atoms with Gasteiger partial charge in [-0.3, -0.25) is 9.59 Å². The van der Waals surface area contributed by atoms with Crippen molar-refractivity contribution in [2.75, 3.05) is 7.11 Å². The number of esters is 1. The largest absolute Gasteiger partial charge is 0.496 e. The Balaban J connectivity index is 1.71. The summed E-state index contributed by atoms with van der Waals surface area (Å²) >= 11 is 0. The van der Waals surface area contributed by atoms with Gasteiger partial charge in [-0.25, -0.2) is 0 Å². The lowest BCUT2D eigenvalue weighted by atomic mass is 10.1. The Morgan fingerprint density at radius 2 is 1.91 bits per heavy atom. The molecule has 1 aliphatic rings. The van der Waals surface area contributed by atoms with Gasteiger partial charge in [0, 0.05) is 11.1 Å². The molecule has 1 atom stereocenters. The van der Waals surface area contributed by atoms with Crippen molar-refractivity contribution >= 4 is 11.8 Å². The number of hydrogen-bond acceptors (Lipinski definition) is 4. The molecule has 0 amide bonds. The van der Waals surface area contributed by atoms with E-state index in [2.05, 4.69) is 0 Å². The first-order valence-electron chi connectivity index (χ1n) is 7.11. The number of rotatable bonds is 4. The minimum Gasteiger partial charge on any atom is -0.496 e. The van der Waals surface area contributed by atoms with Crippen LogP contribution in [0.2, 0.25) is 0 Å². The first-order chi connectivity index (χ1) is 10.7. The van der Waals surface area contributed by atoms with Crippen molar-refractivity contribution in [1.29, 1.82) is 0 Å². The first kappa shape index (κ1) is 14.3. The van der Waals surface area contributed by atoms with E-state index in [0.717, 1.165) is 11.1 Å². The number of fused-ring (bicyclic) bond motifs is 1. The maximum atomic E-state index is 12.4. The lowest BCUT2D eigenvalue weighted by molar-refractivity contribution is -0.147. The Morgan fingerprint density at radius 1 is 1.14 bits per heavy atom. The average molecular weight is 296 g/mol. The second kappa shape index (κ2) is 6.02. The highest BCUT2D eigenvalue weighted by Gasteiger charge is 2.38. The van der Waals surface area contributed by atoms with E-state index in [1.54, 1.807) is 25.3 Å². The smallest absolute Gasteiger partial charge is 0.317 e. The van der Waals surface area contributed by atoms with E-state index >= 15 is 0 Å². The summed E-state index contributed by atoms with van der Waals surface area (Å²) in [5.74, 6) is -0.793. The van der Waals surface area contributed by atoms with Gasteiger partial charge >= 0.3 is 5.97 Å².